The Morgan fingerprint density at radius 3 is 1.78 bits per heavy atom. The smallest absolute Gasteiger partial charge is 0.407 e. The van der Waals surface area contributed by atoms with E-state index in [1.807, 2.05) is 5.32 Å². The molecule has 5 heterocycles. The Kier molecular flexibility index (Phi) is 21.3. The number of alkyl halides is 8. The van der Waals surface area contributed by atoms with E-state index >= 15 is 8.78 Å². The fourth-order valence-electron chi connectivity index (χ4n) is 10.2. The van der Waals surface area contributed by atoms with Crippen LogP contribution in [0.2, 0.25) is 0 Å². The van der Waals surface area contributed by atoms with Crippen LogP contribution in [0, 0.1) is 40.2 Å². The van der Waals surface area contributed by atoms with Crippen LogP contribution in [0.25, 0.3) is 11.3 Å². The lowest BCUT2D eigenvalue weighted by Crippen LogP contribution is -2.64. The van der Waals surface area contributed by atoms with Gasteiger partial charge in [0, 0.05) is 67.0 Å². The summed E-state index contributed by atoms with van der Waals surface area (Å²) < 4.78 is 169. The molecule has 21 nitrogen and oxygen atoms in total. The second-order valence-electron chi connectivity index (χ2n) is 23.0. The molecule has 480 valence electrons. The van der Waals surface area contributed by atoms with E-state index in [1.165, 1.54) is 38.1 Å². The fourth-order valence-corrected chi connectivity index (χ4v) is 10.2. The number of esters is 1. The minimum absolute atomic E-state index is 0.188. The molecule has 0 aliphatic carbocycles. The Hall–Kier alpha value is -7.82. The number of rotatable bonds is 22. The van der Waals surface area contributed by atoms with Crippen molar-refractivity contribution in [2.75, 3.05) is 52.0 Å². The number of methoxy groups -OCH3 is 2. The number of amides is 4. The summed E-state index contributed by atoms with van der Waals surface area (Å²) in [6, 6.07) is 0.855. The first-order chi connectivity index (χ1) is 41.2. The Morgan fingerprint density at radius 2 is 1.31 bits per heavy atom. The van der Waals surface area contributed by atoms with E-state index < -0.39 is 133 Å². The number of hydrazine groups is 1. The predicted octanol–water partition coefficient (Wildman–Crippen LogP) is 6.55. The number of carbonyl (C=O) groups is 5. The third-order valence-electron chi connectivity index (χ3n) is 15.9. The van der Waals surface area contributed by atoms with Crippen LogP contribution in [0.15, 0.2) is 61.1 Å². The molecule has 7 rings (SSSR count). The third kappa shape index (κ3) is 15.9. The Balaban J connectivity index is 1.28. The average molecular weight is 1260 g/mol. The standard InChI is InChI=1S/C57H68F10N12O9/c1-30(2)44(68)49(82)88-43(27-77(75-48(81)46(73-53(84)86-8)55(5,6)57(65,66)67)26-38-39(58)20-34(21-40(38)59)41-17-18-78(74-41)50(60)61)42(71-47(80)45(72-52(83)85-7)54(3,4)56(62,63)64)19-32-12-9-31(10-13-32)11-14-33-22-69-51(70-23-33)76-24-35-15-16-36(25-76)79(35)37-28-87-29-37/h9-10,12-13,17-18,20-23,30,35-37,42-46,50H,15-16,19,24-29,68H2,1-8H3,(H,71,80)(H,72,83)(H,73,84)(H,75,81)/t35?,36?,42-,43-,44-,45+,46+/m0/s1. The zero-order valence-electron chi connectivity index (χ0n) is 49.1. The van der Waals surface area contributed by atoms with Gasteiger partial charge in [-0.15, -0.1) is 0 Å². The van der Waals surface area contributed by atoms with Crippen LogP contribution in [-0.4, -0.2) is 167 Å². The van der Waals surface area contributed by atoms with Gasteiger partial charge in [0.05, 0.1) is 68.1 Å². The van der Waals surface area contributed by atoms with Crippen molar-refractivity contribution >= 4 is 35.9 Å². The molecule has 3 saturated heterocycles. The molecule has 2 aromatic heterocycles. The molecule has 88 heavy (non-hydrogen) atoms. The van der Waals surface area contributed by atoms with Crippen molar-refractivity contribution in [1.82, 2.24) is 51.0 Å². The molecule has 3 aliphatic heterocycles. The Bertz CT molecular complexity index is 3150. The molecular weight excluding hydrogens is 1190 g/mol. The van der Waals surface area contributed by atoms with Crippen LogP contribution in [-0.2, 0) is 46.3 Å². The van der Waals surface area contributed by atoms with E-state index in [4.69, 9.17) is 15.2 Å². The summed E-state index contributed by atoms with van der Waals surface area (Å²) in [7, 11) is 1.58. The average Bonchev–Trinajstić information content (AvgIpc) is 2.08. The second kappa shape index (κ2) is 27.7. The van der Waals surface area contributed by atoms with Crippen molar-refractivity contribution in [1.29, 1.82) is 0 Å². The van der Waals surface area contributed by atoms with Gasteiger partial charge in [0.25, 0.3) is 5.91 Å². The van der Waals surface area contributed by atoms with Crippen LogP contribution in [0.3, 0.4) is 0 Å². The molecule has 2 unspecified atom stereocenters. The molecule has 4 aromatic rings. The zero-order valence-corrected chi connectivity index (χ0v) is 49.1. The number of fused-ring (bicyclic) bond motifs is 2. The molecule has 2 bridgehead atoms. The van der Waals surface area contributed by atoms with Crippen LogP contribution in [0.1, 0.15) is 83.2 Å². The van der Waals surface area contributed by atoms with Crippen molar-refractivity contribution in [2.45, 2.75) is 135 Å². The largest absolute Gasteiger partial charge is 0.458 e. The molecule has 3 aliphatic rings. The lowest BCUT2D eigenvalue weighted by atomic mass is 9.82. The number of hydrogen-bond acceptors (Lipinski definition) is 16. The molecular formula is C57H68F10N12O9. The van der Waals surface area contributed by atoms with E-state index in [0.717, 1.165) is 65.6 Å². The number of aromatic nitrogens is 4. The quantitative estimate of drug-likeness (QED) is 0.0184. The number of alkyl carbamates (subject to hydrolysis) is 2. The van der Waals surface area contributed by atoms with Crippen LogP contribution in [0.4, 0.5) is 59.4 Å². The lowest BCUT2D eigenvalue weighted by molar-refractivity contribution is -0.221. The summed E-state index contributed by atoms with van der Waals surface area (Å²) in [5, 5.41) is 10.2. The van der Waals surface area contributed by atoms with Gasteiger partial charge in [0.1, 0.15) is 35.9 Å². The van der Waals surface area contributed by atoms with E-state index in [-0.39, 0.29) is 21.5 Å². The second-order valence-corrected chi connectivity index (χ2v) is 23.0. The van der Waals surface area contributed by atoms with E-state index in [1.54, 1.807) is 17.7 Å². The van der Waals surface area contributed by atoms with Gasteiger partial charge >= 0.3 is 37.1 Å². The van der Waals surface area contributed by atoms with Gasteiger partial charge in [-0.2, -0.15) is 40.2 Å². The molecule has 3 fully saturated rings. The first kappa shape index (κ1) is 67.7. The maximum atomic E-state index is 16.4. The number of carbonyl (C=O) groups excluding carboxylic acids is 5. The van der Waals surface area contributed by atoms with Crippen molar-refractivity contribution in [3.63, 3.8) is 0 Å². The monoisotopic (exact) mass is 1250 g/mol. The van der Waals surface area contributed by atoms with E-state index in [0.29, 0.717) is 80.0 Å². The van der Waals surface area contributed by atoms with E-state index in [9.17, 15) is 59.1 Å². The SMILES string of the molecule is COC(=O)N[C@H](C(=O)N[C@@H](Cc1ccc(C#Cc2cnc(N3CC4CCC(C3)N4C3COC3)nc2)cc1)[C@H](CN(Cc1c(F)cc(-c2ccn(C(F)F)n2)cc1F)NC(=O)[C@@H](NC(=O)OC)C(C)(C)C(F)(F)F)OC(=O)[C@@H](N)C(C)C)C(C)(C)C(F)(F)F. The van der Waals surface area contributed by atoms with Crippen LogP contribution in [0.5, 0.6) is 0 Å². The number of nitrogens with one attached hydrogen (secondary N) is 4. The highest BCUT2D eigenvalue weighted by Crippen LogP contribution is 2.42. The summed E-state index contributed by atoms with van der Waals surface area (Å²) in [5.74, 6) is -1.71. The highest BCUT2D eigenvalue weighted by atomic mass is 19.4. The minimum atomic E-state index is -5.28. The first-order valence-corrected chi connectivity index (χ1v) is 27.7. The number of halogens is 10. The van der Waals surface area contributed by atoms with Crippen molar-refractivity contribution < 1.29 is 86.8 Å². The van der Waals surface area contributed by atoms with Gasteiger partial charge in [0.2, 0.25) is 11.9 Å². The number of nitrogens with zero attached hydrogens (tertiary/aromatic N) is 7. The third-order valence-corrected chi connectivity index (χ3v) is 15.9. The number of nitrogens with two attached hydrogens (primary N) is 1. The van der Waals surface area contributed by atoms with Crippen LogP contribution >= 0.6 is 0 Å². The normalized spacial score (nSPS) is 18.3. The van der Waals surface area contributed by atoms with E-state index in [2.05, 4.69) is 56.9 Å². The summed E-state index contributed by atoms with van der Waals surface area (Å²) in [4.78, 5) is 82.1. The number of ether oxygens (including phenoxy) is 4. The Labute approximate surface area is 499 Å². The predicted molar refractivity (Wildman–Crippen MR) is 294 cm³/mol. The maximum Gasteiger partial charge on any atom is 0.407 e. The van der Waals surface area contributed by atoms with Crippen molar-refractivity contribution in [2.24, 2.45) is 22.5 Å². The van der Waals surface area contributed by atoms with Crippen molar-refractivity contribution in [3.05, 3.63) is 94.9 Å². The lowest BCUT2D eigenvalue weighted by Gasteiger charge is -2.47. The maximum absolute atomic E-state index is 16.4. The number of benzene rings is 2. The molecule has 7 atom stereocenters. The highest BCUT2D eigenvalue weighted by molar-refractivity contribution is 5.87. The minimum Gasteiger partial charge on any atom is -0.458 e. The highest BCUT2D eigenvalue weighted by Gasteiger charge is 2.57. The molecule has 0 spiro atoms. The molecule has 31 heteroatoms. The zero-order chi connectivity index (χ0) is 64.8. The van der Waals surface area contributed by atoms with Gasteiger partial charge in [-0.25, -0.2) is 38.0 Å². The molecule has 4 amide bonds. The topological polar surface area (TPSA) is 250 Å². The summed E-state index contributed by atoms with van der Waals surface area (Å²) in [6.45, 7) is 2.62. The fraction of sp³-hybridized carbons (Fsp3) is 0.544. The summed E-state index contributed by atoms with van der Waals surface area (Å²) in [5.41, 5.74) is 1.38. The molecule has 2 aromatic carbocycles. The van der Waals surface area contributed by atoms with Gasteiger partial charge in [0.15, 0.2) is 0 Å². The number of hydrogen-bond donors (Lipinski definition) is 5. The summed E-state index contributed by atoms with van der Waals surface area (Å²) >= 11 is 0. The number of piperazine rings is 1. The van der Waals surface area contributed by atoms with Gasteiger partial charge in [-0.05, 0) is 88.8 Å². The summed E-state index contributed by atoms with van der Waals surface area (Å²) in [6.07, 6.45) is -10.1. The molecule has 0 saturated carbocycles. The van der Waals surface area contributed by atoms with Gasteiger partial charge < -0.3 is 45.5 Å². The van der Waals surface area contributed by atoms with Gasteiger partial charge in [-0.1, -0.05) is 37.8 Å². The van der Waals surface area contributed by atoms with Crippen molar-refractivity contribution in [3.8, 4) is 23.1 Å². The molecule has 0 radical (unpaired) electrons. The van der Waals surface area contributed by atoms with Crippen LogP contribution < -0.4 is 32.0 Å². The van der Waals surface area contributed by atoms with Gasteiger partial charge in [-0.3, -0.25) is 24.7 Å². The first-order valence-electron chi connectivity index (χ1n) is 27.7. The Morgan fingerprint density at radius 1 is 0.773 bits per heavy atom. The molecule has 6 N–H and O–H groups in total. The number of anilines is 1.